The lowest BCUT2D eigenvalue weighted by molar-refractivity contribution is -0.188. The van der Waals surface area contributed by atoms with Crippen LogP contribution in [0.15, 0.2) is 24.3 Å². The van der Waals surface area contributed by atoms with Crippen LogP contribution in [-0.2, 0) is 22.4 Å². The summed E-state index contributed by atoms with van der Waals surface area (Å²) >= 11 is 0. The Morgan fingerprint density at radius 1 is 1.16 bits per heavy atom. The van der Waals surface area contributed by atoms with Crippen LogP contribution in [0.25, 0.3) is 0 Å². The van der Waals surface area contributed by atoms with Gasteiger partial charge in [-0.2, -0.15) is 13.2 Å². The zero-order chi connectivity index (χ0) is 18.2. The van der Waals surface area contributed by atoms with Gasteiger partial charge in [0, 0.05) is 19.5 Å². The van der Waals surface area contributed by atoms with Crippen LogP contribution in [0.3, 0.4) is 0 Å². The topological polar surface area (TPSA) is 57.6 Å². The third kappa shape index (κ3) is 3.80. The Kier molecular flexibility index (Phi) is 4.75. The smallest absolute Gasteiger partial charge is 0.394 e. The van der Waals surface area contributed by atoms with Crippen LogP contribution >= 0.6 is 0 Å². The van der Waals surface area contributed by atoms with Crippen molar-refractivity contribution in [2.75, 3.05) is 13.1 Å². The third-order valence-corrected chi connectivity index (χ3v) is 5.32. The van der Waals surface area contributed by atoms with E-state index in [2.05, 4.69) is 6.07 Å². The molecular formula is C18H20F3NO3. The van der Waals surface area contributed by atoms with Crippen LogP contribution < -0.4 is 0 Å². The lowest BCUT2D eigenvalue weighted by Crippen LogP contribution is -2.34. The number of hydrogen-bond donors (Lipinski definition) is 1. The highest BCUT2D eigenvalue weighted by Gasteiger charge is 2.53. The van der Waals surface area contributed by atoms with Gasteiger partial charge in [0.15, 0.2) is 0 Å². The van der Waals surface area contributed by atoms with Gasteiger partial charge in [0.2, 0.25) is 5.91 Å². The van der Waals surface area contributed by atoms with E-state index in [1.54, 1.807) is 0 Å². The molecule has 25 heavy (non-hydrogen) atoms. The summed E-state index contributed by atoms with van der Waals surface area (Å²) in [6, 6.07) is 7.98. The van der Waals surface area contributed by atoms with Crippen molar-refractivity contribution in [3.63, 3.8) is 0 Å². The van der Waals surface area contributed by atoms with Gasteiger partial charge in [0.05, 0.1) is 11.8 Å². The molecule has 1 N–H and O–H groups in total. The molecule has 0 spiro atoms. The molecule has 4 nitrogen and oxygen atoms in total. The summed E-state index contributed by atoms with van der Waals surface area (Å²) in [6.07, 6.45) is -2.02. The minimum atomic E-state index is -4.61. The van der Waals surface area contributed by atoms with Gasteiger partial charge in [-0.1, -0.05) is 24.3 Å². The zero-order valence-corrected chi connectivity index (χ0v) is 13.6. The van der Waals surface area contributed by atoms with Gasteiger partial charge in [0.1, 0.15) is 0 Å². The average molecular weight is 355 g/mol. The normalized spacial score (nSPS) is 26.4. The molecule has 0 bridgehead atoms. The van der Waals surface area contributed by atoms with Crippen molar-refractivity contribution < 1.29 is 27.9 Å². The van der Waals surface area contributed by atoms with Gasteiger partial charge in [-0.05, 0) is 36.3 Å². The summed E-state index contributed by atoms with van der Waals surface area (Å²) in [7, 11) is 0. The SMILES string of the molecule is O=C(O)[C@@H]1CN(C(=O)CC2CCc3ccccc3C2)C[C@H]1C(F)(F)F. The van der Waals surface area contributed by atoms with Gasteiger partial charge in [-0.15, -0.1) is 0 Å². The molecule has 1 heterocycles. The van der Waals surface area contributed by atoms with Crippen LogP contribution in [0.4, 0.5) is 13.2 Å². The van der Waals surface area contributed by atoms with E-state index in [4.69, 9.17) is 5.11 Å². The van der Waals surface area contributed by atoms with Crippen molar-refractivity contribution in [1.29, 1.82) is 0 Å². The molecule has 1 fully saturated rings. The molecule has 2 aliphatic rings. The highest BCUT2D eigenvalue weighted by Crippen LogP contribution is 2.38. The summed E-state index contributed by atoms with van der Waals surface area (Å²) in [6.45, 7) is -0.912. The monoisotopic (exact) mass is 355 g/mol. The number of carboxylic acid groups (broad SMARTS) is 1. The number of alkyl halides is 3. The molecule has 3 rings (SSSR count). The number of rotatable bonds is 3. The molecule has 136 valence electrons. The largest absolute Gasteiger partial charge is 0.481 e. The molecular weight excluding hydrogens is 335 g/mol. The van der Waals surface area contributed by atoms with Crippen molar-refractivity contribution in [1.82, 2.24) is 4.90 Å². The molecule has 1 aromatic carbocycles. The van der Waals surface area contributed by atoms with Gasteiger partial charge < -0.3 is 10.0 Å². The van der Waals surface area contributed by atoms with E-state index in [0.717, 1.165) is 24.2 Å². The van der Waals surface area contributed by atoms with Crippen molar-refractivity contribution in [3.8, 4) is 0 Å². The minimum absolute atomic E-state index is 0.0932. The molecule has 7 heteroatoms. The first-order chi connectivity index (χ1) is 11.8. The van der Waals surface area contributed by atoms with Crippen molar-refractivity contribution >= 4 is 11.9 Å². The first-order valence-electron chi connectivity index (χ1n) is 8.39. The lowest BCUT2D eigenvalue weighted by Gasteiger charge is -2.26. The summed E-state index contributed by atoms with van der Waals surface area (Å²) < 4.78 is 39.1. The Morgan fingerprint density at radius 2 is 1.84 bits per heavy atom. The van der Waals surface area contributed by atoms with Crippen LogP contribution in [-0.4, -0.2) is 41.1 Å². The summed E-state index contributed by atoms with van der Waals surface area (Å²) in [5, 5.41) is 9.04. The van der Waals surface area contributed by atoms with Gasteiger partial charge in [-0.25, -0.2) is 0 Å². The Morgan fingerprint density at radius 3 is 2.44 bits per heavy atom. The lowest BCUT2D eigenvalue weighted by atomic mass is 9.82. The maximum atomic E-state index is 13.0. The molecule has 1 aromatic rings. The summed E-state index contributed by atoms with van der Waals surface area (Å²) in [5.41, 5.74) is 2.44. The van der Waals surface area contributed by atoms with E-state index in [9.17, 15) is 22.8 Å². The number of fused-ring (bicyclic) bond motifs is 1. The van der Waals surface area contributed by atoms with E-state index in [1.807, 2.05) is 18.2 Å². The second-order valence-electron chi connectivity index (χ2n) is 6.97. The molecule has 0 radical (unpaired) electrons. The second-order valence-corrected chi connectivity index (χ2v) is 6.97. The number of benzene rings is 1. The van der Waals surface area contributed by atoms with Crippen LogP contribution in [0.2, 0.25) is 0 Å². The highest BCUT2D eigenvalue weighted by molar-refractivity contribution is 5.79. The van der Waals surface area contributed by atoms with E-state index >= 15 is 0 Å². The van der Waals surface area contributed by atoms with E-state index in [-0.39, 0.29) is 24.8 Å². The Hall–Kier alpha value is -2.05. The first-order valence-corrected chi connectivity index (χ1v) is 8.39. The van der Waals surface area contributed by atoms with Crippen LogP contribution in [0, 0.1) is 17.8 Å². The van der Waals surface area contributed by atoms with Crippen molar-refractivity contribution in [2.45, 2.75) is 31.9 Å². The van der Waals surface area contributed by atoms with Crippen molar-refractivity contribution in [3.05, 3.63) is 35.4 Å². The molecule has 1 aliphatic carbocycles. The first kappa shape index (κ1) is 17.8. The fourth-order valence-electron chi connectivity index (χ4n) is 3.91. The quantitative estimate of drug-likeness (QED) is 0.907. The van der Waals surface area contributed by atoms with Crippen LogP contribution in [0.5, 0.6) is 0 Å². The van der Waals surface area contributed by atoms with Crippen molar-refractivity contribution in [2.24, 2.45) is 17.8 Å². The van der Waals surface area contributed by atoms with Gasteiger partial charge in [0.25, 0.3) is 0 Å². The number of hydrogen-bond acceptors (Lipinski definition) is 2. The standard InChI is InChI=1S/C18H20F3NO3/c19-18(20,21)15-10-22(9-14(15)17(24)25)16(23)8-11-5-6-12-3-1-2-4-13(12)7-11/h1-4,11,14-15H,5-10H2,(H,24,25)/t11?,14-,15-/m1/s1. The fourth-order valence-corrected chi connectivity index (χ4v) is 3.91. The van der Waals surface area contributed by atoms with Gasteiger partial charge in [-0.3, -0.25) is 9.59 Å². The molecule has 3 atom stereocenters. The maximum absolute atomic E-state index is 13.0. The fraction of sp³-hybridized carbons (Fsp3) is 0.556. The Bertz CT molecular complexity index is 674. The number of carbonyl (C=O) groups is 2. The number of carbonyl (C=O) groups excluding carboxylic acids is 1. The number of aliphatic carboxylic acids is 1. The van der Waals surface area contributed by atoms with E-state index in [1.165, 1.54) is 11.1 Å². The predicted molar refractivity (Wildman–Crippen MR) is 83.8 cm³/mol. The molecule has 1 unspecified atom stereocenters. The zero-order valence-electron chi connectivity index (χ0n) is 13.6. The number of likely N-dealkylation sites (tertiary alicyclic amines) is 1. The maximum Gasteiger partial charge on any atom is 0.394 e. The number of aryl methyl sites for hydroxylation is 1. The second kappa shape index (κ2) is 6.69. The van der Waals surface area contributed by atoms with E-state index in [0.29, 0.717) is 0 Å². The molecule has 0 saturated carbocycles. The van der Waals surface area contributed by atoms with Crippen LogP contribution in [0.1, 0.15) is 24.0 Å². The number of nitrogens with zero attached hydrogens (tertiary/aromatic N) is 1. The average Bonchev–Trinajstić information content (AvgIpc) is 3.01. The predicted octanol–water partition coefficient (Wildman–Crippen LogP) is 2.90. The Labute approximate surface area is 143 Å². The third-order valence-electron chi connectivity index (χ3n) is 5.32. The van der Waals surface area contributed by atoms with Gasteiger partial charge >= 0.3 is 12.1 Å². The Balaban J connectivity index is 1.63. The molecule has 1 saturated heterocycles. The van der Waals surface area contributed by atoms with E-state index < -0.39 is 30.5 Å². The number of halogens is 3. The highest BCUT2D eigenvalue weighted by atomic mass is 19.4. The molecule has 1 amide bonds. The minimum Gasteiger partial charge on any atom is -0.481 e. The summed E-state index contributed by atoms with van der Waals surface area (Å²) in [4.78, 5) is 24.6. The summed E-state index contributed by atoms with van der Waals surface area (Å²) in [5.74, 6) is -5.33. The molecule has 0 aromatic heterocycles. The number of carboxylic acids is 1. The number of amides is 1. The molecule has 1 aliphatic heterocycles.